The molecular formula is C14H20N2O3. The van der Waals surface area contributed by atoms with Gasteiger partial charge in [-0.25, -0.2) is 0 Å². The molecule has 104 valence electrons. The van der Waals surface area contributed by atoms with Gasteiger partial charge in [0.05, 0.1) is 19.8 Å². The quantitative estimate of drug-likeness (QED) is 0.837. The molecule has 1 unspecified atom stereocenters. The number of rotatable bonds is 5. The van der Waals surface area contributed by atoms with E-state index < -0.39 is 6.10 Å². The summed E-state index contributed by atoms with van der Waals surface area (Å²) in [7, 11) is 0. The number of amides is 1. The van der Waals surface area contributed by atoms with Crippen molar-refractivity contribution >= 4 is 11.6 Å². The van der Waals surface area contributed by atoms with Gasteiger partial charge in [0.25, 0.3) is 5.91 Å². The van der Waals surface area contributed by atoms with Crippen molar-refractivity contribution in [2.75, 3.05) is 31.7 Å². The van der Waals surface area contributed by atoms with Crippen molar-refractivity contribution in [3.8, 4) is 0 Å². The number of hydrogen-bond acceptors (Lipinski definition) is 4. The number of ether oxygens (including phenoxy) is 2. The van der Waals surface area contributed by atoms with Gasteiger partial charge < -0.3 is 20.1 Å². The summed E-state index contributed by atoms with van der Waals surface area (Å²) in [5, 5.41) is 6.16. The van der Waals surface area contributed by atoms with Gasteiger partial charge in [0.2, 0.25) is 0 Å². The fraction of sp³-hybridized carbons (Fsp3) is 0.500. The van der Waals surface area contributed by atoms with Gasteiger partial charge >= 0.3 is 0 Å². The molecule has 1 aromatic rings. The molecule has 1 aliphatic rings. The van der Waals surface area contributed by atoms with E-state index in [0.29, 0.717) is 19.8 Å². The minimum absolute atomic E-state index is 0.149. The monoisotopic (exact) mass is 264 g/mol. The summed E-state index contributed by atoms with van der Waals surface area (Å²) in [5.74, 6) is -0.149. The molecule has 0 spiro atoms. The van der Waals surface area contributed by atoms with Gasteiger partial charge in [-0.05, 0) is 18.2 Å². The number of hydrogen-bond donors (Lipinski definition) is 2. The summed E-state index contributed by atoms with van der Waals surface area (Å²) in [6.45, 7) is 5.02. The lowest BCUT2D eigenvalue weighted by atomic mass is 10.1. The third-order valence-electron chi connectivity index (χ3n) is 2.95. The molecule has 1 aromatic carbocycles. The Morgan fingerprint density at radius 2 is 2.21 bits per heavy atom. The van der Waals surface area contributed by atoms with Crippen molar-refractivity contribution in [1.82, 2.24) is 5.32 Å². The number of para-hydroxylation sites is 1. The summed E-state index contributed by atoms with van der Waals surface area (Å²) in [6.07, 6.45) is -0.513. The van der Waals surface area contributed by atoms with Crippen LogP contribution in [0.5, 0.6) is 0 Å². The maximum absolute atomic E-state index is 12.1. The second-order valence-electron chi connectivity index (χ2n) is 4.36. The summed E-state index contributed by atoms with van der Waals surface area (Å²) >= 11 is 0. The van der Waals surface area contributed by atoms with Crippen LogP contribution in [0.3, 0.4) is 0 Å². The molecule has 1 fully saturated rings. The molecule has 1 amide bonds. The van der Waals surface area contributed by atoms with E-state index in [1.807, 2.05) is 24.3 Å². The van der Waals surface area contributed by atoms with Gasteiger partial charge in [-0.15, -0.1) is 0 Å². The van der Waals surface area contributed by atoms with Gasteiger partial charge in [-0.1, -0.05) is 25.1 Å². The fourth-order valence-electron chi connectivity index (χ4n) is 1.91. The Labute approximate surface area is 113 Å². The van der Waals surface area contributed by atoms with E-state index in [9.17, 15) is 4.79 Å². The predicted molar refractivity (Wildman–Crippen MR) is 73.0 cm³/mol. The second kappa shape index (κ2) is 7.23. The zero-order valence-corrected chi connectivity index (χ0v) is 11.1. The summed E-state index contributed by atoms with van der Waals surface area (Å²) in [5.41, 5.74) is 1.89. The molecule has 0 aliphatic carbocycles. The van der Waals surface area contributed by atoms with Crippen LogP contribution in [0.25, 0.3) is 0 Å². The second-order valence-corrected chi connectivity index (χ2v) is 4.36. The maximum Gasteiger partial charge on any atom is 0.255 e. The minimum atomic E-state index is -0.513. The number of anilines is 1. The van der Waals surface area contributed by atoms with Gasteiger partial charge in [0, 0.05) is 12.2 Å². The molecule has 1 atom stereocenters. The lowest BCUT2D eigenvalue weighted by Crippen LogP contribution is -2.39. The fourth-order valence-corrected chi connectivity index (χ4v) is 1.91. The first-order chi connectivity index (χ1) is 9.31. The molecule has 5 nitrogen and oxygen atoms in total. The van der Waals surface area contributed by atoms with E-state index in [1.165, 1.54) is 0 Å². The zero-order valence-electron chi connectivity index (χ0n) is 11.1. The normalized spacial score (nSPS) is 19.1. The topological polar surface area (TPSA) is 59.6 Å². The molecule has 1 heterocycles. The highest BCUT2D eigenvalue weighted by Gasteiger charge is 2.23. The highest BCUT2D eigenvalue weighted by molar-refractivity contribution is 5.95. The average Bonchev–Trinajstić information content (AvgIpc) is 2.47. The Morgan fingerprint density at radius 3 is 2.95 bits per heavy atom. The average molecular weight is 264 g/mol. The number of benzene rings is 1. The number of carbonyl (C=O) groups excluding carboxylic acids is 1. The van der Waals surface area contributed by atoms with Crippen molar-refractivity contribution in [2.45, 2.75) is 19.6 Å². The molecule has 2 N–H and O–H groups in total. The van der Waals surface area contributed by atoms with E-state index >= 15 is 0 Å². The molecule has 0 aromatic heterocycles. The number of carbonyl (C=O) groups is 1. The van der Waals surface area contributed by atoms with Crippen molar-refractivity contribution in [2.24, 2.45) is 0 Å². The van der Waals surface area contributed by atoms with Crippen LogP contribution in [0.2, 0.25) is 0 Å². The van der Waals surface area contributed by atoms with Crippen molar-refractivity contribution in [1.29, 1.82) is 0 Å². The van der Waals surface area contributed by atoms with E-state index in [2.05, 4.69) is 17.6 Å². The Hall–Kier alpha value is -1.43. The molecule has 0 radical (unpaired) electrons. The Balaban J connectivity index is 1.99. The molecule has 5 heteroatoms. The third-order valence-corrected chi connectivity index (χ3v) is 2.95. The molecule has 2 rings (SSSR count). The van der Waals surface area contributed by atoms with Gasteiger partial charge in [-0.3, -0.25) is 4.79 Å². The SMILES string of the molecule is CCNCc1ccccc1NC(=O)C1COCCO1. The predicted octanol–water partition coefficient (Wildman–Crippen LogP) is 1.15. The van der Waals surface area contributed by atoms with Crippen LogP contribution in [0.15, 0.2) is 24.3 Å². The van der Waals surface area contributed by atoms with Crippen LogP contribution >= 0.6 is 0 Å². The highest BCUT2D eigenvalue weighted by atomic mass is 16.6. The molecule has 1 aliphatic heterocycles. The first kappa shape index (κ1) is 14.0. The molecule has 0 bridgehead atoms. The van der Waals surface area contributed by atoms with Crippen LogP contribution in [-0.4, -0.2) is 38.4 Å². The molecule has 1 saturated heterocycles. The third kappa shape index (κ3) is 4.02. The van der Waals surface area contributed by atoms with Gasteiger partial charge in [0.1, 0.15) is 0 Å². The number of nitrogens with one attached hydrogen (secondary N) is 2. The lowest BCUT2D eigenvalue weighted by Gasteiger charge is -2.22. The summed E-state index contributed by atoms with van der Waals surface area (Å²) in [4.78, 5) is 12.1. The van der Waals surface area contributed by atoms with E-state index in [0.717, 1.165) is 24.3 Å². The van der Waals surface area contributed by atoms with Crippen molar-refractivity contribution < 1.29 is 14.3 Å². The van der Waals surface area contributed by atoms with Crippen molar-refractivity contribution in [3.63, 3.8) is 0 Å². The Bertz CT molecular complexity index is 417. The van der Waals surface area contributed by atoms with Crippen LogP contribution in [-0.2, 0) is 20.8 Å². The standard InChI is InChI=1S/C14H20N2O3/c1-2-15-9-11-5-3-4-6-12(11)16-14(17)13-10-18-7-8-19-13/h3-6,13,15H,2,7-10H2,1H3,(H,16,17). The first-order valence-electron chi connectivity index (χ1n) is 6.60. The summed E-state index contributed by atoms with van der Waals surface area (Å²) in [6, 6.07) is 7.76. The van der Waals surface area contributed by atoms with E-state index in [4.69, 9.17) is 9.47 Å². The van der Waals surface area contributed by atoms with E-state index in [-0.39, 0.29) is 5.91 Å². The maximum atomic E-state index is 12.1. The molecular weight excluding hydrogens is 244 g/mol. The Morgan fingerprint density at radius 1 is 1.37 bits per heavy atom. The van der Waals surface area contributed by atoms with Crippen LogP contribution in [0.4, 0.5) is 5.69 Å². The Kier molecular flexibility index (Phi) is 5.32. The minimum Gasteiger partial charge on any atom is -0.376 e. The van der Waals surface area contributed by atoms with Crippen molar-refractivity contribution in [3.05, 3.63) is 29.8 Å². The van der Waals surface area contributed by atoms with Crippen LogP contribution in [0.1, 0.15) is 12.5 Å². The van der Waals surface area contributed by atoms with Crippen LogP contribution in [0, 0.1) is 0 Å². The van der Waals surface area contributed by atoms with Gasteiger partial charge in [-0.2, -0.15) is 0 Å². The van der Waals surface area contributed by atoms with E-state index in [1.54, 1.807) is 0 Å². The molecule has 0 saturated carbocycles. The first-order valence-corrected chi connectivity index (χ1v) is 6.60. The summed E-state index contributed by atoms with van der Waals surface area (Å²) < 4.78 is 10.6. The van der Waals surface area contributed by atoms with Gasteiger partial charge in [0.15, 0.2) is 6.10 Å². The smallest absolute Gasteiger partial charge is 0.255 e. The lowest BCUT2D eigenvalue weighted by molar-refractivity contribution is -0.142. The highest BCUT2D eigenvalue weighted by Crippen LogP contribution is 2.16. The zero-order chi connectivity index (χ0) is 13.5. The van der Waals surface area contributed by atoms with Crippen LogP contribution < -0.4 is 10.6 Å². The largest absolute Gasteiger partial charge is 0.376 e. The molecule has 19 heavy (non-hydrogen) atoms.